The molecule has 1 N–H and O–H groups in total. The molecule has 3 aromatic rings. The molecular formula is C22H13BrCl2FN3O2. The fourth-order valence-corrected chi connectivity index (χ4v) is 3.38. The number of hydrazone groups is 1. The monoisotopic (exact) mass is 519 g/mol. The first-order valence-corrected chi connectivity index (χ1v) is 10.3. The van der Waals surface area contributed by atoms with Crippen LogP contribution in [0.2, 0.25) is 10.0 Å². The minimum Gasteiger partial charge on any atom is -0.488 e. The third-order valence-electron chi connectivity index (χ3n) is 4.08. The topological polar surface area (TPSA) is 74.5 Å². The summed E-state index contributed by atoms with van der Waals surface area (Å²) in [5.41, 5.74) is 3.48. The zero-order chi connectivity index (χ0) is 22.4. The van der Waals surface area contributed by atoms with Gasteiger partial charge < -0.3 is 4.74 Å². The maximum Gasteiger partial charge on any atom is 0.274 e. The second-order valence-corrected chi connectivity index (χ2v) is 7.97. The van der Waals surface area contributed by atoms with E-state index in [1.165, 1.54) is 18.3 Å². The van der Waals surface area contributed by atoms with Crippen LogP contribution in [0.4, 0.5) is 4.39 Å². The van der Waals surface area contributed by atoms with Crippen LogP contribution in [0.5, 0.6) is 5.75 Å². The fourth-order valence-electron chi connectivity index (χ4n) is 2.54. The normalized spacial score (nSPS) is 10.7. The van der Waals surface area contributed by atoms with Crippen LogP contribution in [0, 0.1) is 17.1 Å². The molecule has 0 heterocycles. The Morgan fingerprint density at radius 2 is 2.00 bits per heavy atom. The molecule has 0 unspecified atom stereocenters. The van der Waals surface area contributed by atoms with Gasteiger partial charge in [-0.15, -0.1) is 0 Å². The zero-order valence-corrected chi connectivity index (χ0v) is 18.8. The van der Waals surface area contributed by atoms with Crippen molar-refractivity contribution < 1.29 is 13.9 Å². The van der Waals surface area contributed by atoms with Gasteiger partial charge in [-0.2, -0.15) is 10.4 Å². The molecule has 1 amide bonds. The number of nitriles is 1. The summed E-state index contributed by atoms with van der Waals surface area (Å²) >= 11 is 15.5. The van der Waals surface area contributed by atoms with Gasteiger partial charge in [0.1, 0.15) is 18.2 Å². The molecule has 0 radical (unpaired) electrons. The number of halogens is 4. The number of ether oxygens (including phenoxy) is 1. The number of carbonyl (C=O) groups excluding carboxylic acids is 1. The molecule has 0 aromatic heterocycles. The Hall–Kier alpha value is -2.92. The minimum atomic E-state index is -0.807. The van der Waals surface area contributed by atoms with Gasteiger partial charge >= 0.3 is 0 Å². The van der Waals surface area contributed by atoms with E-state index < -0.39 is 11.7 Å². The standard InChI is InChI=1S/C22H13BrCl2FN3O2/c23-16-3-6-21(31-12-14-2-4-17(24)9-19(14)25)15(8-16)11-28-29-22(30)18-5-1-13(10-27)7-20(18)26/h1-9,11H,12H2,(H,29,30)/b28-11+. The summed E-state index contributed by atoms with van der Waals surface area (Å²) in [4.78, 5) is 12.2. The van der Waals surface area contributed by atoms with Crippen molar-refractivity contribution in [1.29, 1.82) is 5.26 Å². The molecule has 0 aliphatic carbocycles. The van der Waals surface area contributed by atoms with Gasteiger partial charge in [0, 0.05) is 25.6 Å². The van der Waals surface area contributed by atoms with Crippen LogP contribution >= 0.6 is 39.1 Å². The summed E-state index contributed by atoms with van der Waals surface area (Å²) in [6, 6.07) is 15.8. The van der Waals surface area contributed by atoms with E-state index in [2.05, 4.69) is 26.5 Å². The first-order valence-electron chi connectivity index (χ1n) is 8.76. The highest BCUT2D eigenvalue weighted by Crippen LogP contribution is 2.26. The molecule has 9 heteroatoms. The van der Waals surface area contributed by atoms with Crippen molar-refractivity contribution in [3.05, 3.63) is 97.2 Å². The van der Waals surface area contributed by atoms with Crippen LogP contribution < -0.4 is 10.2 Å². The van der Waals surface area contributed by atoms with Crippen LogP contribution in [-0.2, 0) is 6.61 Å². The molecular weight excluding hydrogens is 508 g/mol. The summed E-state index contributed by atoms with van der Waals surface area (Å²) in [5, 5.41) is 13.7. The largest absolute Gasteiger partial charge is 0.488 e. The number of nitrogens with one attached hydrogen (secondary N) is 1. The summed E-state index contributed by atoms with van der Waals surface area (Å²) in [6.45, 7) is 0.196. The SMILES string of the molecule is N#Cc1ccc(C(=O)N/N=C/c2cc(Br)ccc2OCc2ccc(Cl)cc2Cl)c(F)c1. The van der Waals surface area contributed by atoms with Crippen molar-refractivity contribution in [2.24, 2.45) is 5.10 Å². The number of amides is 1. The molecule has 0 spiro atoms. The van der Waals surface area contributed by atoms with E-state index in [-0.39, 0.29) is 17.7 Å². The van der Waals surface area contributed by atoms with Crippen molar-refractivity contribution in [3.63, 3.8) is 0 Å². The Labute approximate surface area is 196 Å². The number of benzene rings is 3. The lowest BCUT2D eigenvalue weighted by atomic mass is 10.1. The van der Waals surface area contributed by atoms with Gasteiger partial charge in [-0.05, 0) is 48.5 Å². The molecule has 0 aliphatic rings. The predicted octanol–water partition coefficient (Wildman–Crippen LogP) is 6.11. The van der Waals surface area contributed by atoms with E-state index in [9.17, 15) is 9.18 Å². The third-order valence-corrected chi connectivity index (χ3v) is 5.16. The second-order valence-electron chi connectivity index (χ2n) is 6.21. The maximum atomic E-state index is 14.0. The molecule has 0 saturated carbocycles. The van der Waals surface area contributed by atoms with Crippen molar-refractivity contribution in [2.75, 3.05) is 0 Å². The van der Waals surface area contributed by atoms with E-state index in [4.69, 9.17) is 33.2 Å². The Balaban J connectivity index is 1.72. The average molecular weight is 521 g/mol. The minimum absolute atomic E-state index is 0.120. The zero-order valence-electron chi connectivity index (χ0n) is 15.7. The Morgan fingerprint density at radius 1 is 1.19 bits per heavy atom. The second kappa shape index (κ2) is 10.4. The van der Waals surface area contributed by atoms with Crippen molar-refractivity contribution in [3.8, 4) is 11.8 Å². The first kappa shape index (κ1) is 22.8. The fraction of sp³-hybridized carbons (Fsp3) is 0.0455. The summed E-state index contributed by atoms with van der Waals surface area (Å²) < 4.78 is 20.6. The third kappa shape index (κ3) is 6.05. The number of hydrogen-bond acceptors (Lipinski definition) is 4. The number of hydrogen-bond donors (Lipinski definition) is 1. The van der Waals surface area contributed by atoms with Crippen LogP contribution in [-0.4, -0.2) is 12.1 Å². The van der Waals surface area contributed by atoms with E-state index in [0.717, 1.165) is 16.1 Å². The van der Waals surface area contributed by atoms with Gasteiger partial charge in [0.15, 0.2) is 0 Å². The highest BCUT2D eigenvalue weighted by molar-refractivity contribution is 9.10. The Bertz CT molecular complexity index is 1210. The smallest absolute Gasteiger partial charge is 0.274 e. The van der Waals surface area contributed by atoms with Crippen LogP contribution in [0.1, 0.15) is 27.0 Å². The molecule has 31 heavy (non-hydrogen) atoms. The Kier molecular flexibility index (Phi) is 7.64. The molecule has 5 nitrogen and oxygen atoms in total. The highest BCUT2D eigenvalue weighted by atomic mass is 79.9. The molecule has 0 bridgehead atoms. The van der Waals surface area contributed by atoms with Crippen LogP contribution in [0.3, 0.4) is 0 Å². The van der Waals surface area contributed by atoms with Gasteiger partial charge in [-0.1, -0.05) is 45.2 Å². The van der Waals surface area contributed by atoms with Gasteiger partial charge in [0.25, 0.3) is 5.91 Å². The van der Waals surface area contributed by atoms with Gasteiger partial charge in [-0.3, -0.25) is 4.79 Å². The molecule has 0 aliphatic heterocycles. The highest BCUT2D eigenvalue weighted by Gasteiger charge is 2.12. The van der Waals surface area contributed by atoms with E-state index >= 15 is 0 Å². The Morgan fingerprint density at radius 3 is 2.71 bits per heavy atom. The van der Waals surface area contributed by atoms with E-state index in [1.54, 1.807) is 42.5 Å². The lowest BCUT2D eigenvalue weighted by molar-refractivity contribution is 0.0951. The van der Waals surface area contributed by atoms with Gasteiger partial charge in [0.05, 0.1) is 23.4 Å². The number of carbonyl (C=O) groups is 1. The summed E-state index contributed by atoms with van der Waals surface area (Å²) in [7, 11) is 0. The molecule has 3 aromatic carbocycles. The maximum absolute atomic E-state index is 14.0. The summed E-state index contributed by atoms with van der Waals surface area (Å²) in [6.07, 6.45) is 1.38. The van der Waals surface area contributed by atoms with Crippen LogP contribution in [0.15, 0.2) is 64.2 Å². The molecule has 0 saturated heterocycles. The van der Waals surface area contributed by atoms with Crippen molar-refractivity contribution in [1.82, 2.24) is 5.43 Å². The van der Waals surface area contributed by atoms with E-state index in [0.29, 0.717) is 21.4 Å². The molecule has 0 fully saturated rings. The van der Waals surface area contributed by atoms with E-state index in [1.807, 2.05) is 0 Å². The quantitative estimate of drug-likeness (QED) is 0.314. The molecule has 3 rings (SSSR count). The number of nitrogens with zero attached hydrogens (tertiary/aromatic N) is 2. The van der Waals surface area contributed by atoms with Crippen molar-refractivity contribution >= 4 is 51.3 Å². The summed E-state index contributed by atoms with van der Waals surface area (Å²) in [5.74, 6) is -1.06. The average Bonchev–Trinajstić information content (AvgIpc) is 2.74. The van der Waals surface area contributed by atoms with Gasteiger partial charge in [-0.25, -0.2) is 9.82 Å². The predicted molar refractivity (Wildman–Crippen MR) is 121 cm³/mol. The molecule has 0 atom stereocenters. The number of rotatable bonds is 6. The lowest BCUT2D eigenvalue weighted by Gasteiger charge is -2.11. The van der Waals surface area contributed by atoms with Crippen LogP contribution in [0.25, 0.3) is 0 Å². The molecule has 156 valence electrons. The first-order chi connectivity index (χ1) is 14.9. The van der Waals surface area contributed by atoms with Gasteiger partial charge in [0.2, 0.25) is 0 Å². The van der Waals surface area contributed by atoms with Crippen molar-refractivity contribution in [2.45, 2.75) is 6.61 Å². The lowest BCUT2D eigenvalue weighted by Crippen LogP contribution is -2.19.